The Balaban J connectivity index is 2.82. The molecule has 42 valence electrons. The molecule has 0 aromatic carbocycles. The molecule has 0 aromatic rings. The number of rotatable bonds is 3. The highest BCUT2D eigenvalue weighted by Gasteiger charge is 1.94. The Bertz CT molecular complexity index is 66.7. The molecule has 0 spiro atoms. The van der Waals surface area contributed by atoms with Crippen LogP contribution in [-0.2, 0) is 0 Å². The van der Waals surface area contributed by atoms with E-state index in [9.17, 15) is 10.1 Å². The fraction of sp³-hybridized carbons (Fsp3) is 1.00. The van der Waals surface area contributed by atoms with Crippen molar-refractivity contribution in [3.05, 3.63) is 10.1 Å². The zero-order valence-corrected chi connectivity index (χ0v) is 4.48. The van der Waals surface area contributed by atoms with Crippen molar-refractivity contribution in [1.29, 1.82) is 0 Å². The van der Waals surface area contributed by atoms with E-state index in [1.165, 1.54) is 0 Å². The number of hydrogen-bond acceptors (Lipinski definition) is 4. The van der Waals surface area contributed by atoms with Crippen molar-refractivity contribution in [2.45, 2.75) is 0 Å². The number of nitro groups is 1. The van der Waals surface area contributed by atoms with Gasteiger partial charge in [-0.15, -0.1) is 0 Å². The molecule has 0 rings (SSSR count). The number of nitrogens with two attached hydrogens (primary N) is 1. The van der Waals surface area contributed by atoms with Crippen LogP contribution >= 0.6 is 11.9 Å². The van der Waals surface area contributed by atoms with E-state index in [0.717, 1.165) is 0 Å². The van der Waals surface area contributed by atoms with Gasteiger partial charge < -0.3 is 5.73 Å². The first-order valence-electron chi connectivity index (χ1n) is 1.74. The highest BCUT2D eigenvalue weighted by molar-refractivity contribution is 7.93. The third-order valence-corrected chi connectivity index (χ3v) is 0.944. The molecule has 0 fully saturated rings. The van der Waals surface area contributed by atoms with Crippen molar-refractivity contribution in [3.63, 3.8) is 0 Å². The summed E-state index contributed by atoms with van der Waals surface area (Å²) in [4.78, 5) is 9.47. The van der Waals surface area contributed by atoms with Gasteiger partial charge in [0, 0.05) is 6.54 Å². The Labute approximate surface area is 45.4 Å². The van der Waals surface area contributed by atoms with Gasteiger partial charge in [-0.05, 0) is 0 Å². The molecule has 5 heteroatoms. The predicted molar refractivity (Wildman–Crippen MR) is 28.5 cm³/mol. The van der Waals surface area contributed by atoms with E-state index in [2.05, 4.69) is 0 Å². The summed E-state index contributed by atoms with van der Waals surface area (Å²) in [6, 6.07) is 0. The van der Waals surface area contributed by atoms with E-state index in [1.54, 1.807) is 0 Å². The van der Waals surface area contributed by atoms with Gasteiger partial charge in [-0.1, -0.05) is 0 Å². The van der Waals surface area contributed by atoms with E-state index >= 15 is 0 Å². The molecule has 2 N–H and O–H groups in total. The maximum absolute atomic E-state index is 9.47. The van der Waals surface area contributed by atoms with Crippen molar-refractivity contribution >= 4 is 11.9 Å². The van der Waals surface area contributed by atoms with Gasteiger partial charge in [-0.3, -0.25) is 10.1 Å². The fourth-order valence-electron chi connectivity index (χ4n) is 0.127. The van der Waals surface area contributed by atoms with Crippen LogP contribution in [0.25, 0.3) is 0 Å². The van der Waals surface area contributed by atoms with Gasteiger partial charge in [0.05, 0.1) is 5.75 Å². The Kier molecular flexibility index (Phi) is 3.72. The number of nitrogens with zero attached hydrogens (tertiary/aromatic N) is 1. The third kappa shape index (κ3) is 5.71. The maximum Gasteiger partial charge on any atom is 0.229 e. The van der Waals surface area contributed by atoms with Gasteiger partial charge in [-0.2, -0.15) is 0 Å². The first kappa shape index (κ1) is 6.71. The Hall–Kier alpha value is -0.290. The fourth-order valence-corrected chi connectivity index (χ4v) is 0.382. The highest BCUT2D eigenvalue weighted by atomic mass is 32.2. The van der Waals surface area contributed by atoms with Crippen LogP contribution in [0.4, 0.5) is 0 Å². The topological polar surface area (TPSA) is 69.2 Å². The lowest BCUT2D eigenvalue weighted by atomic mass is 10.8. The molecule has 0 atom stereocenters. The quantitative estimate of drug-likeness (QED) is 0.321. The average molecular weight is 122 g/mol. The monoisotopic (exact) mass is 122 g/mol. The summed E-state index contributed by atoms with van der Waals surface area (Å²) in [5, 5.41) is 9.47. The van der Waals surface area contributed by atoms with E-state index in [4.69, 9.17) is 5.73 Å². The second-order valence-electron chi connectivity index (χ2n) is 0.846. The molecule has 0 amide bonds. The summed E-state index contributed by atoms with van der Waals surface area (Å²) in [7, 11) is 0. The molecule has 0 unspecified atom stereocenters. The third-order valence-electron chi connectivity index (χ3n) is 0.315. The zero-order chi connectivity index (χ0) is 5.70. The van der Waals surface area contributed by atoms with Crippen LogP contribution in [0.15, 0.2) is 0 Å². The lowest BCUT2D eigenvalue weighted by Gasteiger charge is -1.81. The van der Waals surface area contributed by atoms with E-state index in [1.807, 2.05) is 0 Å². The molecule has 0 radical (unpaired) electrons. The zero-order valence-electron chi connectivity index (χ0n) is 3.66. The highest BCUT2D eigenvalue weighted by Crippen LogP contribution is 1.95. The smallest absolute Gasteiger partial charge is 0.229 e. The van der Waals surface area contributed by atoms with E-state index < -0.39 is 4.33 Å². The Morgan fingerprint density at radius 1 is 1.86 bits per heavy atom. The molecule has 0 saturated heterocycles. The van der Waals surface area contributed by atoms with Gasteiger partial charge in [0.15, 0.2) is 0 Å². The predicted octanol–water partition coefficient (Wildman–Crippen LogP) is -0.130. The maximum atomic E-state index is 9.47. The SMILES string of the molecule is NCCS[N+](=O)[O-]. The van der Waals surface area contributed by atoms with Crippen LogP contribution < -0.4 is 5.73 Å². The van der Waals surface area contributed by atoms with E-state index in [-0.39, 0.29) is 0 Å². The Morgan fingerprint density at radius 2 is 2.43 bits per heavy atom. The molecular formula is C2H6N2O2S. The van der Waals surface area contributed by atoms with Gasteiger partial charge >= 0.3 is 0 Å². The van der Waals surface area contributed by atoms with Crippen LogP contribution in [0, 0.1) is 10.1 Å². The summed E-state index contributed by atoms with van der Waals surface area (Å²) in [5.74, 6) is 0.396. The molecule has 4 nitrogen and oxygen atoms in total. The molecule has 0 bridgehead atoms. The summed E-state index contributed by atoms with van der Waals surface area (Å²) in [6.45, 7) is 0.367. The largest absolute Gasteiger partial charge is 0.329 e. The normalized spacial score (nSPS) is 8.71. The minimum Gasteiger partial charge on any atom is -0.329 e. The molecule has 0 aromatic heterocycles. The molecule has 0 aliphatic heterocycles. The van der Waals surface area contributed by atoms with Crippen LogP contribution in [0.3, 0.4) is 0 Å². The van der Waals surface area contributed by atoms with Gasteiger partial charge in [0.25, 0.3) is 0 Å². The van der Waals surface area contributed by atoms with Gasteiger partial charge in [0.1, 0.15) is 4.33 Å². The van der Waals surface area contributed by atoms with Crippen molar-refractivity contribution < 1.29 is 4.33 Å². The standard InChI is InChI=1S/C2H6N2O2S/c3-1-2-7-4(5)6/h1-3H2. The minimum atomic E-state index is -0.452. The average Bonchev–Trinajstić information content (AvgIpc) is 1.61. The van der Waals surface area contributed by atoms with Crippen molar-refractivity contribution in [1.82, 2.24) is 0 Å². The summed E-state index contributed by atoms with van der Waals surface area (Å²) in [5.41, 5.74) is 4.95. The van der Waals surface area contributed by atoms with Crippen molar-refractivity contribution in [2.75, 3.05) is 12.3 Å². The van der Waals surface area contributed by atoms with Crippen molar-refractivity contribution in [3.8, 4) is 0 Å². The second kappa shape index (κ2) is 3.89. The summed E-state index contributed by atoms with van der Waals surface area (Å²) in [6.07, 6.45) is 0. The number of hydrogen-bond donors (Lipinski definition) is 1. The minimum absolute atomic E-state index is 0.367. The molecule has 7 heavy (non-hydrogen) atoms. The molecule has 0 saturated carbocycles. The van der Waals surface area contributed by atoms with Crippen LogP contribution in [0.1, 0.15) is 0 Å². The van der Waals surface area contributed by atoms with Gasteiger partial charge in [-0.25, -0.2) is 0 Å². The van der Waals surface area contributed by atoms with Crippen LogP contribution in [0.2, 0.25) is 0 Å². The Morgan fingerprint density at radius 3 is 2.57 bits per heavy atom. The first-order valence-corrected chi connectivity index (χ1v) is 2.69. The summed E-state index contributed by atoms with van der Waals surface area (Å²) >= 11 is 0.628. The summed E-state index contributed by atoms with van der Waals surface area (Å²) < 4.78 is -0.452. The van der Waals surface area contributed by atoms with Crippen LogP contribution in [-0.4, -0.2) is 16.6 Å². The first-order chi connectivity index (χ1) is 3.27. The van der Waals surface area contributed by atoms with E-state index in [0.29, 0.717) is 24.2 Å². The lowest BCUT2D eigenvalue weighted by Crippen LogP contribution is -2.02. The van der Waals surface area contributed by atoms with Crippen molar-refractivity contribution in [2.24, 2.45) is 5.73 Å². The van der Waals surface area contributed by atoms with Crippen LogP contribution in [0.5, 0.6) is 0 Å². The molecule has 0 heterocycles. The molecule has 0 aliphatic rings. The molecular weight excluding hydrogens is 116 g/mol. The second-order valence-corrected chi connectivity index (χ2v) is 1.81. The molecule has 0 aliphatic carbocycles. The lowest BCUT2D eigenvalue weighted by molar-refractivity contribution is -0.284. The van der Waals surface area contributed by atoms with Gasteiger partial charge in [0.2, 0.25) is 11.9 Å².